The van der Waals surface area contributed by atoms with Crippen LogP contribution in [-0.2, 0) is 0 Å². The third-order valence-electron chi connectivity index (χ3n) is 4.44. The van der Waals surface area contributed by atoms with Crippen LogP contribution < -0.4 is 16.2 Å². The molecule has 2 aromatic carbocycles. The molecule has 150 valence electrons. The van der Waals surface area contributed by atoms with Crippen molar-refractivity contribution >= 4 is 22.8 Å². The monoisotopic (exact) mass is 406 g/mol. The van der Waals surface area contributed by atoms with Gasteiger partial charge in [-0.05, 0) is 18.2 Å². The third kappa shape index (κ3) is 2.94. The van der Waals surface area contributed by atoms with Crippen LogP contribution in [0.4, 0.5) is 5.69 Å². The van der Waals surface area contributed by atoms with E-state index in [0.29, 0.717) is 11.4 Å². The summed E-state index contributed by atoms with van der Waals surface area (Å²) in [6.45, 7) is 0. The lowest BCUT2D eigenvalue weighted by Crippen LogP contribution is -2.16. The zero-order valence-electron chi connectivity index (χ0n) is 15.5. The molecule has 2 aromatic heterocycles. The summed E-state index contributed by atoms with van der Waals surface area (Å²) in [5.74, 6) is -0.658. The van der Waals surface area contributed by atoms with Gasteiger partial charge in [-0.1, -0.05) is 24.3 Å². The number of aromatic amines is 1. The van der Waals surface area contributed by atoms with Crippen molar-refractivity contribution < 1.29 is 14.5 Å². The van der Waals surface area contributed by atoms with E-state index >= 15 is 0 Å². The molecule has 11 heteroatoms. The van der Waals surface area contributed by atoms with Gasteiger partial charge in [-0.15, -0.1) is 0 Å². The molecule has 3 N–H and O–H groups in total. The van der Waals surface area contributed by atoms with E-state index in [4.69, 9.17) is 10.5 Å². The SMILES string of the molecule is COc1ccccc1-n1c(=O)[nH]c2c(C(N)=O)nc(-c3ccccc3[N+](=O)[O-])nc21. The van der Waals surface area contributed by atoms with Crippen molar-refractivity contribution in [2.24, 2.45) is 5.73 Å². The van der Waals surface area contributed by atoms with Crippen LogP contribution in [0.15, 0.2) is 53.3 Å². The minimum atomic E-state index is -0.921. The summed E-state index contributed by atoms with van der Waals surface area (Å²) in [6.07, 6.45) is 0. The number of imidazole rings is 1. The molecule has 0 spiro atoms. The van der Waals surface area contributed by atoms with Gasteiger partial charge in [0.2, 0.25) is 0 Å². The minimum absolute atomic E-state index is 0.0146. The predicted octanol–water partition coefficient (Wildman–Crippen LogP) is 1.79. The summed E-state index contributed by atoms with van der Waals surface area (Å²) in [7, 11) is 1.45. The van der Waals surface area contributed by atoms with Gasteiger partial charge >= 0.3 is 5.69 Å². The quantitative estimate of drug-likeness (QED) is 0.377. The van der Waals surface area contributed by atoms with Crippen LogP contribution in [0.1, 0.15) is 10.5 Å². The summed E-state index contributed by atoms with van der Waals surface area (Å²) >= 11 is 0. The molecule has 4 aromatic rings. The number of ether oxygens (including phenoxy) is 1. The molecule has 0 radical (unpaired) electrons. The Labute approximate surface area is 167 Å². The summed E-state index contributed by atoms with van der Waals surface area (Å²) in [4.78, 5) is 46.6. The highest BCUT2D eigenvalue weighted by Crippen LogP contribution is 2.30. The smallest absolute Gasteiger partial charge is 0.332 e. The topological polar surface area (TPSA) is 159 Å². The summed E-state index contributed by atoms with van der Waals surface area (Å²) in [5.41, 5.74) is 4.81. The molecule has 0 fully saturated rings. The number of fused-ring (bicyclic) bond motifs is 1. The maximum atomic E-state index is 12.7. The zero-order chi connectivity index (χ0) is 21.4. The van der Waals surface area contributed by atoms with E-state index in [-0.39, 0.29) is 33.9 Å². The van der Waals surface area contributed by atoms with E-state index in [1.165, 1.54) is 29.9 Å². The van der Waals surface area contributed by atoms with Gasteiger partial charge < -0.3 is 15.5 Å². The van der Waals surface area contributed by atoms with Crippen molar-refractivity contribution in [3.63, 3.8) is 0 Å². The Bertz CT molecular complexity index is 1370. The number of para-hydroxylation sites is 3. The summed E-state index contributed by atoms with van der Waals surface area (Å²) < 4.78 is 6.51. The Morgan fingerprint density at radius 2 is 1.87 bits per heavy atom. The Morgan fingerprint density at radius 1 is 1.17 bits per heavy atom. The van der Waals surface area contributed by atoms with Gasteiger partial charge in [0.15, 0.2) is 17.2 Å². The number of nitrogens with zero attached hydrogens (tertiary/aromatic N) is 4. The fourth-order valence-electron chi connectivity index (χ4n) is 3.14. The number of carbonyl (C=O) groups excluding carboxylic acids is 1. The van der Waals surface area contributed by atoms with Crippen LogP contribution >= 0.6 is 0 Å². The maximum absolute atomic E-state index is 12.7. The lowest BCUT2D eigenvalue weighted by atomic mass is 10.1. The first-order valence-corrected chi connectivity index (χ1v) is 8.62. The van der Waals surface area contributed by atoms with Crippen LogP contribution in [0.25, 0.3) is 28.2 Å². The van der Waals surface area contributed by atoms with Gasteiger partial charge in [0.1, 0.15) is 11.3 Å². The molecule has 0 saturated carbocycles. The number of carbonyl (C=O) groups is 1. The number of nitrogens with two attached hydrogens (primary N) is 1. The predicted molar refractivity (Wildman–Crippen MR) is 107 cm³/mol. The van der Waals surface area contributed by atoms with Gasteiger partial charge in [0, 0.05) is 6.07 Å². The molecule has 0 bridgehead atoms. The van der Waals surface area contributed by atoms with Crippen molar-refractivity contribution in [3.8, 4) is 22.8 Å². The number of rotatable bonds is 5. The second-order valence-electron chi connectivity index (χ2n) is 6.17. The summed E-state index contributed by atoms with van der Waals surface area (Å²) in [6, 6.07) is 12.5. The van der Waals surface area contributed by atoms with Crippen LogP contribution in [-0.4, -0.2) is 37.5 Å². The molecule has 30 heavy (non-hydrogen) atoms. The highest BCUT2D eigenvalue weighted by Gasteiger charge is 2.24. The van der Waals surface area contributed by atoms with Crippen molar-refractivity contribution in [2.75, 3.05) is 7.11 Å². The lowest BCUT2D eigenvalue weighted by molar-refractivity contribution is -0.384. The fraction of sp³-hybridized carbons (Fsp3) is 0.0526. The molecular formula is C19H14N6O5. The largest absolute Gasteiger partial charge is 0.495 e. The molecule has 2 heterocycles. The number of H-pyrrole nitrogens is 1. The Morgan fingerprint density at radius 3 is 2.57 bits per heavy atom. The second kappa shape index (κ2) is 7.13. The number of nitro benzene ring substituents is 1. The van der Waals surface area contributed by atoms with E-state index in [2.05, 4.69) is 15.0 Å². The number of nitrogens with one attached hydrogen (secondary N) is 1. The number of aromatic nitrogens is 4. The Hall–Kier alpha value is -4.54. The number of benzene rings is 2. The van der Waals surface area contributed by atoms with Gasteiger partial charge in [-0.3, -0.25) is 14.9 Å². The molecule has 0 saturated heterocycles. The molecule has 0 atom stereocenters. The number of nitro groups is 1. The highest BCUT2D eigenvalue weighted by atomic mass is 16.6. The fourth-order valence-corrected chi connectivity index (χ4v) is 3.14. The second-order valence-corrected chi connectivity index (χ2v) is 6.17. The van der Waals surface area contributed by atoms with E-state index in [0.717, 1.165) is 0 Å². The number of primary amides is 1. The molecule has 0 unspecified atom stereocenters. The van der Waals surface area contributed by atoms with Crippen LogP contribution in [0.3, 0.4) is 0 Å². The first-order chi connectivity index (χ1) is 14.4. The zero-order valence-corrected chi connectivity index (χ0v) is 15.5. The molecule has 11 nitrogen and oxygen atoms in total. The van der Waals surface area contributed by atoms with Gasteiger partial charge in [0.25, 0.3) is 11.6 Å². The molecule has 0 aliphatic rings. The van der Waals surface area contributed by atoms with Crippen molar-refractivity contribution in [2.45, 2.75) is 0 Å². The van der Waals surface area contributed by atoms with Crippen molar-refractivity contribution in [3.05, 3.63) is 74.8 Å². The molecule has 1 amide bonds. The van der Waals surface area contributed by atoms with Gasteiger partial charge in [0.05, 0.1) is 23.3 Å². The molecule has 0 aliphatic carbocycles. The normalized spacial score (nSPS) is 10.8. The molecule has 0 aliphatic heterocycles. The Kier molecular flexibility index (Phi) is 4.47. The average molecular weight is 406 g/mol. The number of hydrogen-bond acceptors (Lipinski definition) is 7. The third-order valence-corrected chi connectivity index (χ3v) is 4.44. The molecular weight excluding hydrogens is 392 g/mol. The number of methoxy groups -OCH3 is 1. The summed E-state index contributed by atoms with van der Waals surface area (Å²) in [5, 5.41) is 11.4. The molecule has 4 rings (SSSR count). The van der Waals surface area contributed by atoms with Crippen LogP contribution in [0.5, 0.6) is 5.75 Å². The highest BCUT2D eigenvalue weighted by molar-refractivity contribution is 6.02. The minimum Gasteiger partial charge on any atom is -0.495 e. The van der Waals surface area contributed by atoms with E-state index in [9.17, 15) is 19.7 Å². The van der Waals surface area contributed by atoms with Gasteiger partial charge in [-0.2, -0.15) is 0 Å². The lowest BCUT2D eigenvalue weighted by Gasteiger charge is -2.10. The van der Waals surface area contributed by atoms with E-state index < -0.39 is 16.5 Å². The van der Waals surface area contributed by atoms with E-state index in [1.54, 1.807) is 30.3 Å². The van der Waals surface area contributed by atoms with Crippen molar-refractivity contribution in [1.82, 2.24) is 19.5 Å². The van der Waals surface area contributed by atoms with Crippen LogP contribution in [0, 0.1) is 10.1 Å². The first-order valence-electron chi connectivity index (χ1n) is 8.62. The first kappa shape index (κ1) is 18.8. The Balaban J connectivity index is 2.11. The van der Waals surface area contributed by atoms with Gasteiger partial charge in [-0.25, -0.2) is 19.3 Å². The number of amides is 1. The standard InChI is InChI=1S/C19H14N6O5/c1-30-13-9-5-4-8-12(13)24-18-15(22-19(24)27)14(16(20)26)21-17(23-18)10-6-2-3-7-11(10)25(28)29/h2-9H,1H3,(H2,20,26)(H,22,27). The number of hydrogen-bond donors (Lipinski definition) is 2. The van der Waals surface area contributed by atoms with E-state index in [1.807, 2.05) is 0 Å². The maximum Gasteiger partial charge on any atom is 0.332 e. The van der Waals surface area contributed by atoms with Crippen molar-refractivity contribution in [1.29, 1.82) is 0 Å². The van der Waals surface area contributed by atoms with Crippen LogP contribution in [0.2, 0.25) is 0 Å². The average Bonchev–Trinajstić information content (AvgIpc) is 3.08.